The van der Waals surface area contributed by atoms with Crippen molar-refractivity contribution in [1.29, 1.82) is 0 Å². The molecule has 2 atom stereocenters. The number of carbonyl (C=O) groups is 1. The molecule has 0 bridgehead atoms. The first-order chi connectivity index (χ1) is 8.08. The zero-order valence-electron chi connectivity index (χ0n) is 10.4. The number of carboxylic acids is 1. The van der Waals surface area contributed by atoms with Gasteiger partial charge in [-0.3, -0.25) is 0 Å². The number of rotatable bonds is 2. The van der Waals surface area contributed by atoms with Gasteiger partial charge < -0.3 is 10.4 Å². The van der Waals surface area contributed by atoms with E-state index in [4.69, 9.17) is 5.11 Å². The zero-order chi connectivity index (χ0) is 12.4. The van der Waals surface area contributed by atoms with E-state index in [9.17, 15) is 4.79 Å². The number of hydrogen-bond acceptors (Lipinski definition) is 2. The lowest BCUT2D eigenvalue weighted by molar-refractivity contribution is 0.0696. The van der Waals surface area contributed by atoms with Gasteiger partial charge in [-0.25, -0.2) is 4.79 Å². The molecule has 3 heteroatoms. The minimum atomic E-state index is -0.837. The average molecular weight is 233 g/mol. The number of benzene rings is 1. The van der Waals surface area contributed by atoms with Gasteiger partial charge in [-0.1, -0.05) is 13.0 Å². The van der Waals surface area contributed by atoms with Gasteiger partial charge in [-0.2, -0.15) is 0 Å². The summed E-state index contributed by atoms with van der Waals surface area (Å²) in [6.07, 6.45) is 1.09. The SMILES string of the molecule is Cc1cc(C(=O)O)cc([C@@H]2CCNC[C@H]2C)c1. The van der Waals surface area contributed by atoms with Crippen molar-refractivity contribution in [1.82, 2.24) is 5.32 Å². The van der Waals surface area contributed by atoms with Gasteiger partial charge in [0.25, 0.3) is 0 Å². The molecule has 0 radical (unpaired) electrons. The quantitative estimate of drug-likeness (QED) is 0.824. The van der Waals surface area contributed by atoms with Crippen LogP contribution in [0.4, 0.5) is 0 Å². The van der Waals surface area contributed by atoms with Gasteiger partial charge in [0.05, 0.1) is 5.56 Å². The van der Waals surface area contributed by atoms with E-state index >= 15 is 0 Å². The Morgan fingerprint density at radius 3 is 2.82 bits per heavy atom. The van der Waals surface area contributed by atoms with Crippen LogP contribution in [0.1, 0.15) is 40.7 Å². The van der Waals surface area contributed by atoms with Crippen LogP contribution < -0.4 is 5.32 Å². The van der Waals surface area contributed by atoms with Crippen LogP contribution in [0, 0.1) is 12.8 Å². The first-order valence-electron chi connectivity index (χ1n) is 6.13. The van der Waals surface area contributed by atoms with Crippen LogP contribution in [-0.4, -0.2) is 24.2 Å². The zero-order valence-corrected chi connectivity index (χ0v) is 10.4. The van der Waals surface area contributed by atoms with Gasteiger partial charge in [-0.15, -0.1) is 0 Å². The molecule has 1 heterocycles. The summed E-state index contributed by atoms with van der Waals surface area (Å²) in [6.45, 7) is 6.22. The summed E-state index contributed by atoms with van der Waals surface area (Å²) in [5, 5.41) is 12.5. The molecule has 0 amide bonds. The monoisotopic (exact) mass is 233 g/mol. The van der Waals surface area contributed by atoms with Crippen molar-refractivity contribution in [2.75, 3.05) is 13.1 Å². The van der Waals surface area contributed by atoms with E-state index in [1.54, 1.807) is 6.07 Å². The minimum Gasteiger partial charge on any atom is -0.478 e. The lowest BCUT2D eigenvalue weighted by Crippen LogP contribution is -2.33. The Morgan fingerprint density at radius 1 is 1.41 bits per heavy atom. The molecule has 0 aliphatic carbocycles. The van der Waals surface area contributed by atoms with E-state index in [0.29, 0.717) is 17.4 Å². The summed E-state index contributed by atoms with van der Waals surface area (Å²) in [4.78, 5) is 11.1. The van der Waals surface area contributed by atoms with Crippen molar-refractivity contribution < 1.29 is 9.90 Å². The molecule has 17 heavy (non-hydrogen) atoms. The van der Waals surface area contributed by atoms with Crippen molar-refractivity contribution in [2.24, 2.45) is 5.92 Å². The molecule has 92 valence electrons. The first kappa shape index (κ1) is 12.1. The molecule has 1 aliphatic rings. The van der Waals surface area contributed by atoms with Crippen LogP contribution in [0.5, 0.6) is 0 Å². The molecular weight excluding hydrogens is 214 g/mol. The summed E-state index contributed by atoms with van der Waals surface area (Å²) in [6, 6.07) is 5.69. The number of aromatic carboxylic acids is 1. The molecule has 1 fully saturated rings. The van der Waals surface area contributed by atoms with Crippen LogP contribution in [0.25, 0.3) is 0 Å². The highest BCUT2D eigenvalue weighted by atomic mass is 16.4. The maximum absolute atomic E-state index is 11.1. The van der Waals surface area contributed by atoms with Crippen molar-refractivity contribution in [3.05, 3.63) is 34.9 Å². The standard InChI is InChI=1S/C14H19NO2/c1-9-5-11(7-12(6-9)14(16)17)13-3-4-15-8-10(13)2/h5-7,10,13,15H,3-4,8H2,1-2H3,(H,16,17)/t10-,13-/m1/s1. The molecule has 2 N–H and O–H groups in total. The van der Waals surface area contributed by atoms with Crippen molar-refractivity contribution in [3.8, 4) is 0 Å². The van der Waals surface area contributed by atoms with E-state index in [0.717, 1.165) is 25.1 Å². The highest BCUT2D eigenvalue weighted by molar-refractivity contribution is 5.88. The summed E-state index contributed by atoms with van der Waals surface area (Å²) in [7, 11) is 0. The summed E-state index contributed by atoms with van der Waals surface area (Å²) >= 11 is 0. The summed E-state index contributed by atoms with van der Waals surface area (Å²) in [5.74, 6) is 0.206. The summed E-state index contributed by atoms with van der Waals surface area (Å²) < 4.78 is 0. The lowest BCUT2D eigenvalue weighted by Gasteiger charge is -2.30. The molecular formula is C14H19NO2. The number of nitrogens with one attached hydrogen (secondary N) is 1. The fraction of sp³-hybridized carbons (Fsp3) is 0.500. The third-order valence-electron chi connectivity index (χ3n) is 3.56. The van der Waals surface area contributed by atoms with Crippen LogP contribution in [0.15, 0.2) is 18.2 Å². The molecule has 0 unspecified atom stereocenters. The van der Waals surface area contributed by atoms with E-state index < -0.39 is 5.97 Å². The van der Waals surface area contributed by atoms with Gasteiger partial charge in [0.2, 0.25) is 0 Å². The molecule has 1 aromatic rings. The van der Waals surface area contributed by atoms with Gasteiger partial charge >= 0.3 is 5.97 Å². The van der Waals surface area contributed by atoms with Gasteiger partial charge in [-0.05, 0) is 61.5 Å². The van der Waals surface area contributed by atoms with Crippen LogP contribution >= 0.6 is 0 Å². The lowest BCUT2D eigenvalue weighted by atomic mass is 9.81. The number of hydrogen-bond donors (Lipinski definition) is 2. The van der Waals surface area contributed by atoms with Gasteiger partial charge in [0, 0.05) is 0 Å². The Hall–Kier alpha value is -1.35. The Morgan fingerprint density at radius 2 is 2.18 bits per heavy atom. The summed E-state index contributed by atoms with van der Waals surface area (Å²) in [5.41, 5.74) is 2.62. The Balaban J connectivity index is 2.33. The molecule has 0 aromatic heterocycles. The third kappa shape index (κ3) is 2.67. The normalized spacial score (nSPS) is 24.6. The molecule has 1 aromatic carbocycles. The smallest absolute Gasteiger partial charge is 0.335 e. The van der Waals surface area contributed by atoms with E-state index in [1.807, 2.05) is 13.0 Å². The molecule has 0 saturated carbocycles. The minimum absolute atomic E-state index is 0.408. The van der Waals surface area contributed by atoms with Crippen molar-refractivity contribution >= 4 is 5.97 Å². The van der Waals surface area contributed by atoms with Crippen LogP contribution in [0.2, 0.25) is 0 Å². The van der Waals surface area contributed by atoms with Crippen LogP contribution in [-0.2, 0) is 0 Å². The second-order valence-corrected chi connectivity index (χ2v) is 5.01. The fourth-order valence-electron chi connectivity index (χ4n) is 2.66. The topological polar surface area (TPSA) is 49.3 Å². The van der Waals surface area contributed by atoms with E-state index in [-0.39, 0.29) is 0 Å². The van der Waals surface area contributed by atoms with E-state index in [1.165, 1.54) is 5.56 Å². The Kier molecular flexibility index (Phi) is 3.48. The molecule has 0 spiro atoms. The van der Waals surface area contributed by atoms with Gasteiger partial charge in [0.1, 0.15) is 0 Å². The molecule has 3 nitrogen and oxygen atoms in total. The van der Waals surface area contributed by atoms with E-state index in [2.05, 4.69) is 18.3 Å². The van der Waals surface area contributed by atoms with Crippen LogP contribution in [0.3, 0.4) is 0 Å². The second-order valence-electron chi connectivity index (χ2n) is 5.01. The maximum Gasteiger partial charge on any atom is 0.335 e. The Labute approximate surface area is 102 Å². The predicted molar refractivity (Wildman–Crippen MR) is 67.5 cm³/mol. The highest BCUT2D eigenvalue weighted by Crippen LogP contribution is 2.31. The largest absolute Gasteiger partial charge is 0.478 e. The maximum atomic E-state index is 11.1. The second kappa shape index (κ2) is 4.88. The fourth-order valence-corrected chi connectivity index (χ4v) is 2.66. The number of piperidine rings is 1. The third-order valence-corrected chi connectivity index (χ3v) is 3.56. The van der Waals surface area contributed by atoms with Crippen molar-refractivity contribution in [2.45, 2.75) is 26.2 Å². The predicted octanol–water partition coefficient (Wildman–Crippen LogP) is 2.41. The van der Waals surface area contributed by atoms with Gasteiger partial charge in [0.15, 0.2) is 0 Å². The number of carboxylic acid groups (broad SMARTS) is 1. The highest BCUT2D eigenvalue weighted by Gasteiger charge is 2.23. The van der Waals surface area contributed by atoms with Crippen molar-refractivity contribution in [3.63, 3.8) is 0 Å². The molecule has 2 rings (SSSR count). The number of aryl methyl sites for hydroxylation is 1. The molecule has 1 aliphatic heterocycles. The first-order valence-corrected chi connectivity index (χ1v) is 6.13. The Bertz CT molecular complexity index is 428. The average Bonchev–Trinajstić information content (AvgIpc) is 2.28. The molecule has 1 saturated heterocycles.